The molecule has 0 fully saturated rings. The van der Waals surface area contributed by atoms with Crippen molar-refractivity contribution in [2.24, 2.45) is 0 Å². The van der Waals surface area contributed by atoms with E-state index < -0.39 is 0 Å². The Morgan fingerprint density at radius 1 is 1.36 bits per heavy atom. The van der Waals surface area contributed by atoms with E-state index in [4.69, 9.17) is 23.8 Å². The third-order valence-corrected chi connectivity index (χ3v) is 4.00. The summed E-state index contributed by atoms with van der Waals surface area (Å²) in [5.41, 5.74) is 3.19. The van der Waals surface area contributed by atoms with Gasteiger partial charge in [-0.1, -0.05) is 36.7 Å². The number of nitrogens with one attached hydrogen (secondary N) is 2. The second kappa shape index (κ2) is 8.15. The lowest BCUT2D eigenvalue weighted by molar-refractivity contribution is 0.570. The zero-order valence-electron chi connectivity index (χ0n) is 12.9. The lowest BCUT2D eigenvalue weighted by Gasteiger charge is -2.13. The largest absolute Gasteiger partial charge is 0.362 e. The van der Waals surface area contributed by atoms with Crippen LogP contribution in [0.2, 0.25) is 5.02 Å². The molecule has 6 heteroatoms. The van der Waals surface area contributed by atoms with Gasteiger partial charge in [-0.05, 0) is 43.6 Å². The predicted octanol–water partition coefficient (Wildman–Crippen LogP) is 3.78. The lowest BCUT2D eigenvalue weighted by atomic mass is 10.1. The number of rotatable bonds is 6. The van der Waals surface area contributed by atoms with Gasteiger partial charge < -0.3 is 10.6 Å². The molecule has 2 rings (SSSR count). The van der Waals surface area contributed by atoms with Crippen LogP contribution >= 0.6 is 23.8 Å². The standard InChI is InChI=1S/C16H21ClN4S/c1-3-13-7-4-5-8-15(13)19-16(22)18-9-6-10-21-11-14(17)12(2)20-21/h4-5,7-8,11H,3,6,9-10H2,1-2H3,(H2,18,19,22). The van der Waals surface area contributed by atoms with Crippen LogP contribution in [0.3, 0.4) is 0 Å². The second-order valence-corrected chi connectivity index (χ2v) is 5.89. The first-order valence-corrected chi connectivity index (χ1v) is 8.21. The van der Waals surface area contributed by atoms with E-state index in [1.807, 2.05) is 36.0 Å². The first kappa shape index (κ1) is 16.8. The molecule has 1 aromatic carbocycles. The molecule has 0 amide bonds. The Morgan fingerprint density at radius 2 is 2.14 bits per heavy atom. The summed E-state index contributed by atoms with van der Waals surface area (Å²) in [5.74, 6) is 0. The summed E-state index contributed by atoms with van der Waals surface area (Å²) in [5, 5.41) is 12.2. The summed E-state index contributed by atoms with van der Waals surface area (Å²) in [7, 11) is 0. The van der Waals surface area contributed by atoms with Crippen molar-refractivity contribution >= 4 is 34.6 Å². The van der Waals surface area contributed by atoms with Crippen LogP contribution in [0.4, 0.5) is 5.69 Å². The van der Waals surface area contributed by atoms with Gasteiger partial charge in [0, 0.05) is 25.0 Å². The molecule has 118 valence electrons. The van der Waals surface area contributed by atoms with Crippen LogP contribution in [0.5, 0.6) is 0 Å². The summed E-state index contributed by atoms with van der Waals surface area (Å²) < 4.78 is 1.86. The fourth-order valence-corrected chi connectivity index (χ4v) is 2.53. The Balaban J connectivity index is 1.74. The zero-order chi connectivity index (χ0) is 15.9. The van der Waals surface area contributed by atoms with Gasteiger partial charge in [-0.3, -0.25) is 4.68 Å². The summed E-state index contributed by atoms with van der Waals surface area (Å²) in [6.07, 6.45) is 3.75. The van der Waals surface area contributed by atoms with Crippen LogP contribution in [0, 0.1) is 6.92 Å². The van der Waals surface area contributed by atoms with Gasteiger partial charge in [-0.2, -0.15) is 5.10 Å². The summed E-state index contributed by atoms with van der Waals surface area (Å²) in [6, 6.07) is 8.20. The molecule has 0 saturated heterocycles. The number of nitrogens with zero attached hydrogens (tertiary/aromatic N) is 2. The molecule has 0 aliphatic carbocycles. The minimum Gasteiger partial charge on any atom is -0.362 e. The van der Waals surface area contributed by atoms with Crippen molar-refractivity contribution in [3.8, 4) is 0 Å². The first-order chi connectivity index (χ1) is 10.6. The van der Waals surface area contributed by atoms with Crippen molar-refractivity contribution in [3.63, 3.8) is 0 Å². The highest BCUT2D eigenvalue weighted by atomic mass is 35.5. The summed E-state index contributed by atoms with van der Waals surface area (Å²) in [4.78, 5) is 0. The molecule has 2 aromatic rings. The molecule has 2 N–H and O–H groups in total. The summed E-state index contributed by atoms with van der Waals surface area (Å²) >= 11 is 11.3. The van der Waals surface area contributed by atoms with Crippen molar-refractivity contribution < 1.29 is 0 Å². The Labute approximate surface area is 141 Å². The van der Waals surface area contributed by atoms with Crippen LogP contribution in [-0.4, -0.2) is 21.4 Å². The number of halogens is 1. The van der Waals surface area contributed by atoms with E-state index in [2.05, 4.69) is 28.7 Å². The molecule has 0 spiro atoms. The molecule has 0 bridgehead atoms. The molecule has 22 heavy (non-hydrogen) atoms. The van der Waals surface area contributed by atoms with Crippen molar-refractivity contribution in [2.75, 3.05) is 11.9 Å². The normalized spacial score (nSPS) is 10.5. The lowest BCUT2D eigenvalue weighted by Crippen LogP contribution is -2.30. The topological polar surface area (TPSA) is 41.9 Å². The van der Waals surface area contributed by atoms with Gasteiger partial charge >= 0.3 is 0 Å². The molecule has 0 saturated carbocycles. The Hall–Kier alpha value is -1.59. The molecular weight excluding hydrogens is 316 g/mol. The van der Waals surface area contributed by atoms with E-state index in [1.165, 1.54) is 5.56 Å². The fourth-order valence-electron chi connectivity index (χ4n) is 2.17. The van der Waals surface area contributed by atoms with E-state index in [9.17, 15) is 0 Å². The molecule has 4 nitrogen and oxygen atoms in total. The van der Waals surface area contributed by atoms with Crippen molar-refractivity contribution in [1.82, 2.24) is 15.1 Å². The smallest absolute Gasteiger partial charge is 0.170 e. The first-order valence-electron chi connectivity index (χ1n) is 7.42. The Bertz CT molecular complexity index is 619. The average molecular weight is 337 g/mol. The number of para-hydroxylation sites is 1. The predicted molar refractivity (Wildman–Crippen MR) is 96.6 cm³/mol. The van der Waals surface area contributed by atoms with Gasteiger partial charge in [0.05, 0.1) is 10.7 Å². The molecule has 0 radical (unpaired) electrons. The Kier molecular flexibility index (Phi) is 6.21. The molecule has 0 unspecified atom stereocenters. The van der Waals surface area contributed by atoms with Crippen LogP contribution in [0.25, 0.3) is 0 Å². The molecule has 0 atom stereocenters. The maximum Gasteiger partial charge on any atom is 0.170 e. The number of aromatic nitrogens is 2. The molecule has 0 aliphatic rings. The van der Waals surface area contributed by atoms with E-state index >= 15 is 0 Å². The van der Waals surface area contributed by atoms with E-state index in [1.54, 1.807) is 0 Å². The molecule has 0 aliphatic heterocycles. The van der Waals surface area contributed by atoms with Crippen molar-refractivity contribution in [3.05, 3.63) is 46.7 Å². The maximum absolute atomic E-state index is 5.98. The van der Waals surface area contributed by atoms with Gasteiger partial charge in [0.1, 0.15) is 0 Å². The second-order valence-electron chi connectivity index (χ2n) is 5.07. The van der Waals surface area contributed by atoms with Crippen LogP contribution in [-0.2, 0) is 13.0 Å². The van der Waals surface area contributed by atoms with Gasteiger partial charge in [0.2, 0.25) is 0 Å². The highest BCUT2D eigenvalue weighted by Crippen LogP contribution is 2.15. The minimum absolute atomic E-state index is 0.649. The third-order valence-electron chi connectivity index (χ3n) is 3.38. The van der Waals surface area contributed by atoms with Crippen molar-refractivity contribution in [1.29, 1.82) is 0 Å². The quantitative estimate of drug-likeness (QED) is 0.622. The molecule has 1 aromatic heterocycles. The number of anilines is 1. The van der Waals surface area contributed by atoms with Crippen LogP contribution in [0.1, 0.15) is 24.6 Å². The van der Waals surface area contributed by atoms with Gasteiger partial charge in [-0.15, -0.1) is 0 Å². The van der Waals surface area contributed by atoms with Crippen LogP contribution in [0.15, 0.2) is 30.5 Å². The highest BCUT2D eigenvalue weighted by Gasteiger charge is 2.03. The number of hydrogen-bond donors (Lipinski definition) is 2. The molecular formula is C16H21ClN4S. The number of benzene rings is 1. The monoisotopic (exact) mass is 336 g/mol. The average Bonchev–Trinajstić information content (AvgIpc) is 2.83. The van der Waals surface area contributed by atoms with Gasteiger partial charge in [0.25, 0.3) is 0 Å². The Morgan fingerprint density at radius 3 is 2.82 bits per heavy atom. The SMILES string of the molecule is CCc1ccccc1NC(=S)NCCCn1cc(Cl)c(C)n1. The minimum atomic E-state index is 0.649. The zero-order valence-corrected chi connectivity index (χ0v) is 14.5. The number of aryl methyl sites for hydroxylation is 3. The maximum atomic E-state index is 5.98. The van der Waals surface area contributed by atoms with Gasteiger partial charge in [0.15, 0.2) is 5.11 Å². The number of hydrogen-bond acceptors (Lipinski definition) is 2. The fraction of sp³-hybridized carbons (Fsp3) is 0.375. The van der Waals surface area contributed by atoms with E-state index in [0.717, 1.165) is 37.3 Å². The number of thiocarbonyl (C=S) groups is 1. The van der Waals surface area contributed by atoms with E-state index in [-0.39, 0.29) is 0 Å². The highest BCUT2D eigenvalue weighted by molar-refractivity contribution is 7.80. The van der Waals surface area contributed by atoms with E-state index in [0.29, 0.717) is 10.1 Å². The third kappa shape index (κ3) is 4.71. The van der Waals surface area contributed by atoms with Crippen molar-refractivity contribution in [2.45, 2.75) is 33.2 Å². The summed E-state index contributed by atoms with van der Waals surface area (Å²) in [6.45, 7) is 5.64. The van der Waals surface area contributed by atoms with Gasteiger partial charge in [-0.25, -0.2) is 0 Å². The van der Waals surface area contributed by atoms with Crippen LogP contribution < -0.4 is 10.6 Å². The molecule has 1 heterocycles.